The van der Waals surface area contributed by atoms with Crippen LogP contribution < -0.4 is 5.73 Å². The first-order valence-electron chi connectivity index (χ1n) is 2.62. The van der Waals surface area contributed by atoms with Gasteiger partial charge in [0.25, 0.3) is 0 Å². The summed E-state index contributed by atoms with van der Waals surface area (Å²) in [6, 6.07) is 0. The van der Waals surface area contributed by atoms with Gasteiger partial charge in [-0.15, -0.1) is 0 Å². The number of halogens is 1. The molecule has 0 radical (unpaired) electrons. The van der Waals surface area contributed by atoms with Gasteiger partial charge in [0.1, 0.15) is 6.17 Å². The van der Waals surface area contributed by atoms with E-state index in [-0.39, 0.29) is 12.3 Å². The Morgan fingerprint density at radius 1 is 1.88 bits per heavy atom. The van der Waals surface area contributed by atoms with Crippen molar-refractivity contribution in [3.8, 4) is 0 Å². The number of nitrogens with two attached hydrogens (primary N) is 1. The van der Waals surface area contributed by atoms with E-state index in [1.165, 1.54) is 0 Å². The number of rotatable bonds is 2. The second-order valence-electron chi connectivity index (χ2n) is 2.18. The SMILES string of the molecule is NC(=O)C[C@H]1C[C@@H]1F. The molecule has 0 aliphatic heterocycles. The third kappa shape index (κ3) is 1.18. The van der Waals surface area contributed by atoms with Crippen LogP contribution in [0, 0.1) is 5.92 Å². The zero-order valence-corrected chi connectivity index (χ0v) is 4.43. The van der Waals surface area contributed by atoms with Gasteiger partial charge in [-0.3, -0.25) is 4.79 Å². The molecule has 2 nitrogen and oxygen atoms in total. The van der Waals surface area contributed by atoms with Crippen LogP contribution in [0.3, 0.4) is 0 Å². The van der Waals surface area contributed by atoms with E-state index >= 15 is 0 Å². The van der Waals surface area contributed by atoms with Crippen LogP contribution >= 0.6 is 0 Å². The van der Waals surface area contributed by atoms with Crippen molar-refractivity contribution in [1.82, 2.24) is 0 Å². The van der Waals surface area contributed by atoms with Crippen LogP contribution in [0.4, 0.5) is 4.39 Å². The van der Waals surface area contributed by atoms with Crippen LogP contribution in [0.25, 0.3) is 0 Å². The Bertz CT molecular complexity index is 115. The fraction of sp³-hybridized carbons (Fsp3) is 0.800. The van der Waals surface area contributed by atoms with E-state index in [1.54, 1.807) is 0 Å². The van der Waals surface area contributed by atoms with Gasteiger partial charge in [0.05, 0.1) is 0 Å². The molecule has 0 heterocycles. The molecule has 1 amide bonds. The lowest BCUT2D eigenvalue weighted by atomic mass is 10.3. The maximum atomic E-state index is 11.9. The van der Waals surface area contributed by atoms with Gasteiger partial charge < -0.3 is 5.73 Å². The maximum Gasteiger partial charge on any atom is 0.217 e. The van der Waals surface area contributed by atoms with E-state index in [0.717, 1.165) is 0 Å². The summed E-state index contributed by atoms with van der Waals surface area (Å²) in [6.07, 6.45) is 0.00639. The summed E-state index contributed by atoms with van der Waals surface area (Å²) < 4.78 is 11.9. The van der Waals surface area contributed by atoms with Crippen LogP contribution in [0.5, 0.6) is 0 Å². The minimum Gasteiger partial charge on any atom is -0.370 e. The number of amides is 1. The summed E-state index contributed by atoms with van der Waals surface area (Å²) in [5, 5.41) is 0. The molecular weight excluding hydrogens is 109 g/mol. The highest BCUT2D eigenvalue weighted by molar-refractivity contribution is 5.74. The third-order valence-corrected chi connectivity index (χ3v) is 1.30. The van der Waals surface area contributed by atoms with Gasteiger partial charge in [-0.25, -0.2) is 4.39 Å². The Kier molecular flexibility index (Phi) is 1.19. The average Bonchev–Trinajstić information content (AvgIpc) is 2.17. The first-order valence-corrected chi connectivity index (χ1v) is 2.62. The molecule has 3 heteroatoms. The van der Waals surface area contributed by atoms with Gasteiger partial charge in [-0.1, -0.05) is 0 Å². The molecule has 0 saturated heterocycles. The summed E-state index contributed by atoms with van der Waals surface area (Å²) in [5.41, 5.74) is 4.79. The van der Waals surface area contributed by atoms with E-state index in [1.807, 2.05) is 0 Å². The molecule has 0 spiro atoms. The molecule has 1 aliphatic carbocycles. The van der Waals surface area contributed by atoms with Gasteiger partial charge in [0, 0.05) is 12.3 Å². The second-order valence-corrected chi connectivity index (χ2v) is 2.18. The smallest absolute Gasteiger partial charge is 0.217 e. The molecule has 0 aromatic heterocycles. The Labute approximate surface area is 46.9 Å². The van der Waals surface area contributed by atoms with E-state index in [0.29, 0.717) is 6.42 Å². The second kappa shape index (κ2) is 1.73. The van der Waals surface area contributed by atoms with Gasteiger partial charge in [0.2, 0.25) is 5.91 Å². The fourth-order valence-corrected chi connectivity index (χ4v) is 0.680. The molecule has 2 N–H and O–H groups in total. The van der Waals surface area contributed by atoms with Crippen LogP contribution in [-0.2, 0) is 4.79 Å². The van der Waals surface area contributed by atoms with Gasteiger partial charge >= 0.3 is 0 Å². The lowest BCUT2D eigenvalue weighted by molar-refractivity contribution is -0.118. The van der Waals surface area contributed by atoms with Crippen molar-refractivity contribution in [2.75, 3.05) is 0 Å². The minimum absolute atomic E-state index is 0.0486. The Balaban J connectivity index is 2.14. The molecule has 1 aliphatic rings. The van der Waals surface area contributed by atoms with Crippen molar-refractivity contribution in [2.24, 2.45) is 11.7 Å². The van der Waals surface area contributed by atoms with Gasteiger partial charge in [0.15, 0.2) is 0 Å². The molecular formula is C5H8FNO. The average molecular weight is 117 g/mol. The molecule has 46 valence electrons. The highest BCUT2D eigenvalue weighted by Crippen LogP contribution is 2.36. The van der Waals surface area contributed by atoms with Crippen molar-refractivity contribution in [1.29, 1.82) is 0 Å². The summed E-state index contributed by atoms with van der Waals surface area (Å²) in [6.45, 7) is 0. The predicted octanol–water partition coefficient (Wildman–Crippen LogP) is 0.220. The van der Waals surface area contributed by atoms with E-state index in [2.05, 4.69) is 0 Å². The van der Waals surface area contributed by atoms with E-state index < -0.39 is 12.1 Å². The summed E-state index contributed by atoms with van der Waals surface area (Å²) in [5.74, 6) is -0.442. The molecule has 0 aromatic carbocycles. The Morgan fingerprint density at radius 3 is 2.50 bits per heavy atom. The van der Waals surface area contributed by atoms with E-state index in [9.17, 15) is 9.18 Å². The van der Waals surface area contributed by atoms with Crippen molar-refractivity contribution in [2.45, 2.75) is 19.0 Å². The molecule has 1 fully saturated rings. The quantitative estimate of drug-likeness (QED) is 0.552. The predicted molar refractivity (Wildman–Crippen MR) is 26.8 cm³/mol. The molecule has 1 rings (SSSR count). The Morgan fingerprint density at radius 2 is 2.38 bits per heavy atom. The summed E-state index contributed by atoms with van der Waals surface area (Å²) in [7, 11) is 0. The molecule has 8 heavy (non-hydrogen) atoms. The molecule has 0 aromatic rings. The highest BCUT2D eigenvalue weighted by Gasteiger charge is 2.38. The van der Waals surface area contributed by atoms with Crippen LogP contribution in [0.2, 0.25) is 0 Å². The number of hydrogen-bond donors (Lipinski definition) is 1. The highest BCUT2D eigenvalue weighted by atomic mass is 19.1. The van der Waals surface area contributed by atoms with Crippen LogP contribution in [-0.4, -0.2) is 12.1 Å². The number of hydrogen-bond acceptors (Lipinski definition) is 1. The van der Waals surface area contributed by atoms with Crippen molar-refractivity contribution in [3.05, 3.63) is 0 Å². The zero-order chi connectivity index (χ0) is 6.15. The van der Waals surface area contributed by atoms with Crippen LogP contribution in [0.1, 0.15) is 12.8 Å². The standard InChI is InChI=1S/C5H8FNO/c6-4-1-3(4)2-5(7)8/h3-4H,1-2H2,(H2,7,8)/t3-,4+/m1/s1. The largest absolute Gasteiger partial charge is 0.370 e. The number of carbonyl (C=O) groups excluding carboxylic acids is 1. The first kappa shape index (κ1) is 5.54. The Hall–Kier alpha value is -0.600. The van der Waals surface area contributed by atoms with Crippen molar-refractivity contribution in [3.63, 3.8) is 0 Å². The van der Waals surface area contributed by atoms with Gasteiger partial charge in [-0.05, 0) is 6.42 Å². The lowest BCUT2D eigenvalue weighted by Crippen LogP contribution is -2.11. The topological polar surface area (TPSA) is 43.1 Å². The molecule has 0 unspecified atom stereocenters. The molecule has 0 bridgehead atoms. The maximum absolute atomic E-state index is 11.9. The van der Waals surface area contributed by atoms with Crippen LogP contribution in [0.15, 0.2) is 0 Å². The number of primary amides is 1. The van der Waals surface area contributed by atoms with E-state index in [4.69, 9.17) is 5.73 Å². The van der Waals surface area contributed by atoms with Gasteiger partial charge in [-0.2, -0.15) is 0 Å². The third-order valence-electron chi connectivity index (χ3n) is 1.30. The number of alkyl halides is 1. The summed E-state index contributed by atoms with van der Waals surface area (Å²) >= 11 is 0. The molecule has 2 atom stereocenters. The van der Waals surface area contributed by atoms with Crippen molar-refractivity contribution >= 4 is 5.91 Å². The lowest BCUT2D eigenvalue weighted by Gasteiger charge is -1.85. The van der Waals surface area contributed by atoms with Crippen molar-refractivity contribution < 1.29 is 9.18 Å². The number of carbonyl (C=O) groups is 1. The minimum atomic E-state index is -0.748. The molecule has 1 saturated carbocycles. The summed E-state index contributed by atoms with van der Waals surface area (Å²) in [4.78, 5) is 10.1. The normalized spacial score (nSPS) is 34.6. The first-order chi connectivity index (χ1) is 3.70. The fourth-order valence-electron chi connectivity index (χ4n) is 0.680. The monoisotopic (exact) mass is 117 g/mol. The zero-order valence-electron chi connectivity index (χ0n) is 4.43.